The Morgan fingerprint density at radius 2 is 1.74 bits per heavy atom. The van der Waals surface area contributed by atoms with Crippen molar-refractivity contribution >= 4 is 40.5 Å². The van der Waals surface area contributed by atoms with Gasteiger partial charge in [-0.2, -0.15) is 4.98 Å². The van der Waals surface area contributed by atoms with Crippen molar-refractivity contribution in [1.29, 1.82) is 0 Å². The molecule has 2 fully saturated rings. The fraction of sp³-hybridized carbons (Fsp3) is 0.364. The van der Waals surface area contributed by atoms with E-state index in [4.69, 9.17) is 16.6 Å². The van der Waals surface area contributed by atoms with Crippen molar-refractivity contribution in [3.8, 4) is 0 Å². The SMILES string of the molecule is C=CC1(c2ccc(Cl)cc2)CCN(c2cccn3nc(Nc4ccc(C(=O)N(C)C5CCN(C)CC5)cc4)nc23)CC1. The van der Waals surface area contributed by atoms with Crippen molar-refractivity contribution in [3.05, 3.63) is 95.7 Å². The molecule has 1 N–H and O–H groups in total. The number of nitrogens with zero attached hydrogens (tertiary/aromatic N) is 6. The number of amides is 1. The lowest BCUT2D eigenvalue weighted by atomic mass is 9.73. The zero-order chi connectivity index (χ0) is 29.3. The fourth-order valence-corrected chi connectivity index (χ4v) is 6.43. The molecule has 8 nitrogen and oxygen atoms in total. The van der Waals surface area contributed by atoms with E-state index in [1.54, 1.807) is 0 Å². The Hall–Kier alpha value is -3.88. The molecule has 9 heteroatoms. The van der Waals surface area contributed by atoms with E-state index in [1.165, 1.54) is 5.56 Å². The van der Waals surface area contributed by atoms with E-state index in [0.29, 0.717) is 11.5 Å². The van der Waals surface area contributed by atoms with Gasteiger partial charge in [0.15, 0.2) is 5.65 Å². The van der Waals surface area contributed by atoms with E-state index in [-0.39, 0.29) is 17.4 Å². The van der Waals surface area contributed by atoms with Crippen molar-refractivity contribution in [3.63, 3.8) is 0 Å². The highest BCUT2D eigenvalue weighted by Gasteiger charge is 2.34. The Morgan fingerprint density at radius 1 is 1.05 bits per heavy atom. The van der Waals surface area contributed by atoms with Gasteiger partial charge in [0, 0.05) is 54.1 Å². The molecule has 0 saturated carbocycles. The quantitative estimate of drug-likeness (QED) is 0.269. The summed E-state index contributed by atoms with van der Waals surface area (Å²) < 4.78 is 1.82. The third-order valence-corrected chi connectivity index (χ3v) is 9.34. The van der Waals surface area contributed by atoms with Crippen LogP contribution in [0.4, 0.5) is 17.3 Å². The van der Waals surface area contributed by atoms with Crippen LogP contribution in [0.2, 0.25) is 5.02 Å². The molecule has 2 aromatic carbocycles. The predicted octanol–water partition coefficient (Wildman–Crippen LogP) is 6.02. The number of hydrogen-bond acceptors (Lipinski definition) is 6. The van der Waals surface area contributed by atoms with Crippen LogP contribution in [-0.2, 0) is 5.41 Å². The van der Waals surface area contributed by atoms with Crippen molar-refractivity contribution in [2.45, 2.75) is 37.1 Å². The van der Waals surface area contributed by atoms with Gasteiger partial charge in [0.05, 0.1) is 5.69 Å². The van der Waals surface area contributed by atoms with E-state index in [1.807, 2.05) is 65.1 Å². The van der Waals surface area contributed by atoms with E-state index in [0.717, 1.165) is 73.9 Å². The van der Waals surface area contributed by atoms with Gasteiger partial charge in [-0.3, -0.25) is 4.79 Å². The molecule has 0 spiro atoms. The summed E-state index contributed by atoms with van der Waals surface area (Å²) in [5.41, 5.74) is 4.58. The van der Waals surface area contributed by atoms with Crippen molar-refractivity contribution < 1.29 is 4.79 Å². The number of pyridine rings is 1. The van der Waals surface area contributed by atoms with Gasteiger partial charge in [0.1, 0.15) is 0 Å². The number of carbonyl (C=O) groups excluding carboxylic acids is 1. The van der Waals surface area contributed by atoms with Crippen molar-refractivity contribution in [2.24, 2.45) is 0 Å². The Kier molecular flexibility index (Phi) is 7.92. The first-order valence-electron chi connectivity index (χ1n) is 14.7. The maximum atomic E-state index is 13.1. The fourth-order valence-electron chi connectivity index (χ4n) is 6.31. The van der Waals surface area contributed by atoms with Gasteiger partial charge in [-0.15, -0.1) is 11.7 Å². The largest absolute Gasteiger partial charge is 0.368 e. The van der Waals surface area contributed by atoms with Crippen LogP contribution in [0.5, 0.6) is 0 Å². The average molecular weight is 584 g/mol. The average Bonchev–Trinajstić information content (AvgIpc) is 3.44. The zero-order valence-corrected chi connectivity index (χ0v) is 25.1. The Labute approximate surface area is 252 Å². The van der Waals surface area contributed by atoms with Gasteiger partial charge in [-0.1, -0.05) is 29.8 Å². The summed E-state index contributed by atoms with van der Waals surface area (Å²) in [5.74, 6) is 0.577. The van der Waals surface area contributed by atoms with Crippen LogP contribution in [0.25, 0.3) is 5.65 Å². The van der Waals surface area contributed by atoms with Gasteiger partial charge in [-0.05, 0) is 99.9 Å². The van der Waals surface area contributed by atoms with Gasteiger partial charge >= 0.3 is 0 Å². The summed E-state index contributed by atoms with van der Waals surface area (Å²) in [7, 11) is 4.05. The van der Waals surface area contributed by atoms with Gasteiger partial charge in [0.25, 0.3) is 5.91 Å². The number of nitrogens with one attached hydrogen (secondary N) is 1. The van der Waals surface area contributed by atoms with Crippen LogP contribution in [0.3, 0.4) is 0 Å². The van der Waals surface area contributed by atoms with Crippen LogP contribution >= 0.6 is 11.6 Å². The number of likely N-dealkylation sites (tertiary alicyclic amines) is 1. The highest BCUT2D eigenvalue weighted by Crippen LogP contribution is 2.39. The minimum absolute atomic E-state index is 0.0599. The molecule has 2 aliphatic heterocycles. The third-order valence-electron chi connectivity index (χ3n) is 9.09. The maximum absolute atomic E-state index is 13.1. The molecule has 0 radical (unpaired) electrons. The molecule has 42 heavy (non-hydrogen) atoms. The summed E-state index contributed by atoms with van der Waals surface area (Å²) in [5, 5.41) is 8.74. The standard InChI is InChI=1S/C33H38ClN7O/c1-4-33(25-9-11-26(34)12-10-25)17-22-40(23-18-33)29-6-5-19-41-30(29)36-32(37-41)35-27-13-7-24(8-14-27)31(42)39(3)28-15-20-38(2)21-16-28/h4-14,19,28H,1,15-18,20-23H2,2-3H3,(H,35,37). The molecule has 1 amide bonds. The molecule has 2 aliphatic rings. The second-order valence-corrected chi connectivity index (χ2v) is 12.0. The zero-order valence-electron chi connectivity index (χ0n) is 24.3. The minimum atomic E-state index is -0.0674. The second-order valence-electron chi connectivity index (χ2n) is 11.6. The van der Waals surface area contributed by atoms with Crippen molar-refractivity contribution in [1.82, 2.24) is 24.4 Å². The first kappa shape index (κ1) is 28.2. The lowest BCUT2D eigenvalue weighted by Crippen LogP contribution is -2.44. The number of aromatic nitrogens is 3. The summed E-state index contributed by atoms with van der Waals surface area (Å²) in [4.78, 5) is 24.5. The lowest BCUT2D eigenvalue weighted by Gasteiger charge is -2.41. The van der Waals surface area contributed by atoms with E-state index < -0.39 is 0 Å². The number of halogens is 1. The first-order chi connectivity index (χ1) is 20.3. The molecule has 4 heterocycles. The number of allylic oxidation sites excluding steroid dienone is 1. The number of fused-ring (bicyclic) bond motifs is 1. The molecule has 0 aliphatic carbocycles. The molecule has 4 aromatic rings. The molecule has 0 unspecified atom stereocenters. The normalized spacial score (nSPS) is 17.7. The van der Waals surface area contributed by atoms with Crippen LogP contribution in [0.1, 0.15) is 41.6 Å². The van der Waals surface area contributed by atoms with Crippen LogP contribution in [-0.4, -0.2) is 76.6 Å². The van der Waals surface area contributed by atoms with Crippen LogP contribution < -0.4 is 10.2 Å². The summed E-state index contributed by atoms with van der Waals surface area (Å²) >= 11 is 6.14. The molecule has 6 rings (SSSR count). The maximum Gasteiger partial charge on any atom is 0.253 e. The third kappa shape index (κ3) is 5.61. The summed E-state index contributed by atoms with van der Waals surface area (Å²) in [6.07, 6.45) is 7.94. The summed E-state index contributed by atoms with van der Waals surface area (Å²) in [6.45, 7) is 7.99. The molecule has 0 atom stereocenters. The number of piperidine rings is 2. The predicted molar refractivity (Wildman–Crippen MR) is 170 cm³/mol. The lowest BCUT2D eigenvalue weighted by molar-refractivity contribution is 0.0659. The van der Waals surface area contributed by atoms with E-state index in [9.17, 15) is 4.79 Å². The molecule has 2 saturated heterocycles. The second kappa shape index (κ2) is 11.8. The number of benzene rings is 2. The highest BCUT2D eigenvalue weighted by atomic mass is 35.5. The number of rotatable bonds is 7. The molecule has 2 aromatic heterocycles. The molecule has 0 bridgehead atoms. The van der Waals surface area contributed by atoms with Gasteiger partial charge in [-0.25, -0.2) is 4.52 Å². The minimum Gasteiger partial charge on any atom is -0.368 e. The topological polar surface area (TPSA) is 69.0 Å². The number of hydrogen-bond donors (Lipinski definition) is 1. The summed E-state index contributed by atoms with van der Waals surface area (Å²) in [6, 6.07) is 20.1. The van der Waals surface area contributed by atoms with E-state index in [2.05, 4.69) is 58.1 Å². The van der Waals surface area contributed by atoms with Crippen LogP contribution in [0, 0.1) is 0 Å². The number of anilines is 3. The van der Waals surface area contributed by atoms with E-state index >= 15 is 0 Å². The molecular formula is C33H38ClN7O. The highest BCUT2D eigenvalue weighted by molar-refractivity contribution is 6.30. The molecule has 218 valence electrons. The van der Waals surface area contributed by atoms with Crippen LogP contribution in [0.15, 0.2) is 79.5 Å². The van der Waals surface area contributed by atoms with Gasteiger partial charge in [0.2, 0.25) is 5.95 Å². The van der Waals surface area contributed by atoms with Crippen molar-refractivity contribution in [2.75, 3.05) is 50.5 Å². The molecular weight excluding hydrogens is 546 g/mol. The Bertz CT molecular complexity index is 1550. The Balaban J connectivity index is 1.13. The Morgan fingerprint density at radius 3 is 2.40 bits per heavy atom. The first-order valence-corrected chi connectivity index (χ1v) is 15.1. The smallest absolute Gasteiger partial charge is 0.253 e. The van der Waals surface area contributed by atoms with Gasteiger partial charge < -0.3 is 20.0 Å². The number of carbonyl (C=O) groups is 1. The monoisotopic (exact) mass is 583 g/mol.